The molecule has 1 unspecified atom stereocenters. The van der Waals surface area contributed by atoms with Crippen LogP contribution >= 0.6 is 11.6 Å². The molecule has 0 spiro atoms. The molecule has 1 atom stereocenters. The van der Waals surface area contributed by atoms with Crippen molar-refractivity contribution in [1.29, 1.82) is 0 Å². The number of nitrogens with zero attached hydrogens (tertiary/aromatic N) is 1. The van der Waals surface area contributed by atoms with E-state index in [2.05, 4.69) is 0 Å². The molecule has 0 aromatic carbocycles. The van der Waals surface area contributed by atoms with E-state index in [1.165, 1.54) is 6.92 Å². The number of alkyl halides is 7. The third-order valence-electron chi connectivity index (χ3n) is 1.80. The fourth-order valence-corrected chi connectivity index (χ4v) is 1.36. The number of carbonyl (C=O) groups excluding carboxylic acids is 1. The summed E-state index contributed by atoms with van der Waals surface area (Å²) in [5, 5.41) is -0.744. The Morgan fingerprint density at radius 3 is 1.76 bits per heavy atom. The first-order valence-corrected chi connectivity index (χ1v) is 4.83. The number of amides is 1. The molecule has 0 fully saturated rings. The van der Waals surface area contributed by atoms with Crippen LogP contribution in [0.4, 0.5) is 26.3 Å². The highest BCUT2D eigenvalue weighted by Gasteiger charge is 2.61. The Labute approximate surface area is 98.5 Å². The van der Waals surface area contributed by atoms with Gasteiger partial charge in [-0.15, -0.1) is 11.6 Å². The topological polar surface area (TPSA) is 20.3 Å². The average Bonchev–Trinajstić information content (AvgIpc) is 1.96. The Morgan fingerprint density at radius 2 is 1.53 bits per heavy atom. The maximum absolute atomic E-state index is 12.2. The second-order valence-electron chi connectivity index (χ2n) is 3.52. The first kappa shape index (κ1) is 16.3. The molecule has 0 aliphatic rings. The van der Waals surface area contributed by atoms with Crippen LogP contribution in [0, 0.1) is 5.92 Å². The number of carbonyl (C=O) groups is 1. The van der Waals surface area contributed by atoms with E-state index in [9.17, 15) is 31.1 Å². The minimum atomic E-state index is -5.67. The molecule has 0 aromatic rings. The van der Waals surface area contributed by atoms with Gasteiger partial charge in [-0.3, -0.25) is 4.79 Å². The van der Waals surface area contributed by atoms with Gasteiger partial charge in [-0.05, 0) is 6.92 Å². The number of hydrogen-bond donors (Lipinski definition) is 0. The van der Waals surface area contributed by atoms with Gasteiger partial charge in [-0.1, -0.05) is 0 Å². The van der Waals surface area contributed by atoms with Gasteiger partial charge >= 0.3 is 12.4 Å². The number of halogens is 7. The van der Waals surface area contributed by atoms with Crippen molar-refractivity contribution < 1.29 is 31.1 Å². The Hall–Kier alpha value is -0.660. The maximum Gasteiger partial charge on any atom is 0.409 e. The molecule has 17 heavy (non-hydrogen) atoms. The molecule has 102 valence electrons. The lowest BCUT2D eigenvalue weighted by Crippen LogP contribution is -2.49. The van der Waals surface area contributed by atoms with Crippen molar-refractivity contribution in [3.8, 4) is 0 Å². The normalized spacial score (nSPS) is 14.9. The molecule has 0 saturated carbocycles. The van der Waals surface area contributed by atoms with Gasteiger partial charge in [0, 0.05) is 19.0 Å². The molecule has 2 nitrogen and oxygen atoms in total. The molecule has 0 N–H and O–H groups in total. The predicted octanol–water partition coefficient (Wildman–Crippen LogP) is 2.81. The smallest absolute Gasteiger partial charge is 0.343 e. The van der Waals surface area contributed by atoms with Gasteiger partial charge in [-0.2, -0.15) is 26.3 Å². The Kier molecular flexibility index (Phi) is 5.12. The van der Waals surface area contributed by atoms with E-state index < -0.39 is 36.1 Å². The highest BCUT2D eigenvalue weighted by molar-refractivity contribution is 6.20. The molecule has 0 aromatic heterocycles. The lowest BCUT2D eigenvalue weighted by molar-refractivity contribution is -0.277. The van der Waals surface area contributed by atoms with Gasteiger partial charge in [0.15, 0.2) is 0 Å². The van der Waals surface area contributed by atoms with Gasteiger partial charge in [-0.25, -0.2) is 0 Å². The van der Waals surface area contributed by atoms with Crippen molar-refractivity contribution in [2.24, 2.45) is 5.92 Å². The van der Waals surface area contributed by atoms with Crippen LogP contribution in [0.3, 0.4) is 0 Å². The van der Waals surface area contributed by atoms with E-state index in [0.717, 1.165) is 7.05 Å². The van der Waals surface area contributed by atoms with Crippen LogP contribution in [0.25, 0.3) is 0 Å². The minimum absolute atomic E-state index is 0.323. The van der Waals surface area contributed by atoms with Crippen LogP contribution in [-0.4, -0.2) is 42.1 Å². The molecule has 0 saturated heterocycles. The molecule has 9 heteroatoms. The third kappa shape index (κ3) is 5.01. The van der Waals surface area contributed by atoms with Gasteiger partial charge in [0.1, 0.15) is 0 Å². The van der Waals surface area contributed by atoms with Crippen LogP contribution in [0.1, 0.15) is 6.92 Å². The minimum Gasteiger partial charge on any atom is -0.343 e. The Morgan fingerprint density at radius 1 is 1.18 bits per heavy atom. The van der Waals surface area contributed by atoms with Crippen molar-refractivity contribution in [2.45, 2.75) is 24.7 Å². The van der Waals surface area contributed by atoms with Crippen LogP contribution < -0.4 is 0 Å². The Bertz CT molecular complexity index is 260. The summed E-state index contributed by atoms with van der Waals surface area (Å²) < 4.78 is 73.0. The lowest BCUT2D eigenvalue weighted by atomic mass is 10.1. The molecular weight excluding hydrogens is 276 g/mol. The van der Waals surface area contributed by atoms with E-state index in [-0.39, 0.29) is 0 Å². The monoisotopic (exact) mass is 285 g/mol. The molecule has 0 aliphatic heterocycles. The van der Waals surface area contributed by atoms with E-state index >= 15 is 0 Å². The first-order chi connectivity index (χ1) is 7.37. The molecule has 0 heterocycles. The van der Waals surface area contributed by atoms with E-state index in [1.807, 2.05) is 0 Å². The van der Waals surface area contributed by atoms with Crippen molar-refractivity contribution in [3.05, 3.63) is 0 Å². The summed E-state index contributed by atoms with van der Waals surface area (Å²) in [5.41, 5.74) is 0. The predicted molar refractivity (Wildman–Crippen MR) is 48.6 cm³/mol. The van der Waals surface area contributed by atoms with Gasteiger partial charge in [0.25, 0.3) is 0 Å². The molecule has 0 aliphatic carbocycles. The fraction of sp³-hybridized carbons (Fsp3) is 0.875. The van der Waals surface area contributed by atoms with E-state index in [4.69, 9.17) is 11.6 Å². The summed E-state index contributed by atoms with van der Waals surface area (Å²) in [6, 6.07) is 0. The average molecular weight is 286 g/mol. The van der Waals surface area contributed by atoms with Crippen LogP contribution in [0.5, 0.6) is 0 Å². The highest BCUT2D eigenvalue weighted by Crippen LogP contribution is 2.40. The summed E-state index contributed by atoms with van der Waals surface area (Å²) >= 11 is 5.39. The van der Waals surface area contributed by atoms with Gasteiger partial charge < -0.3 is 4.90 Å². The summed E-state index contributed by atoms with van der Waals surface area (Å²) in [6.45, 7) is 0.949. The van der Waals surface area contributed by atoms with Crippen molar-refractivity contribution >= 4 is 17.5 Å². The molecule has 0 bridgehead atoms. The Balaban J connectivity index is 5.03. The molecule has 0 radical (unpaired) electrons. The van der Waals surface area contributed by atoms with Crippen LogP contribution in [0.2, 0.25) is 0 Å². The first-order valence-electron chi connectivity index (χ1n) is 4.39. The SMILES string of the molecule is CC(Cl)CN(C)C(=O)C(C(F)(F)F)C(F)(F)F. The molecule has 0 rings (SSSR count). The van der Waals surface area contributed by atoms with Crippen molar-refractivity contribution in [3.63, 3.8) is 0 Å². The van der Waals surface area contributed by atoms with E-state index in [0.29, 0.717) is 4.90 Å². The zero-order valence-corrected chi connectivity index (χ0v) is 9.62. The number of rotatable bonds is 3. The molecule has 1 amide bonds. The lowest BCUT2D eigenvalue weighted by Gasteiger charge is -2.27. The van der Waals surface area contributed by atoms with Crippen molar-refractivity contribution in [1.82, 2.24) is 4.90 Å². The van der Waals surface area contributed by atoms with E-state index in [1.54, 1.807) is 0 Å². The van der Waals surface area contributed by atoms with Gasteiger partial charge in [0.05, 0.1) is 0 Å². The standard InChI is InChI=1S/C8H10ClF6NO/c1-4(9)3-16(2)6(17)5(7(10,11)12)8(13,14)15/h4-5H,3H2,1-2H3. The van der Waals surface area contributed by atoms with Gasteiger partial charge in [0.2, 0.25) is 11.8 Å². The molecular formula is C8H10ClF6NO. The largest absolute Gasteiger partial charge is 0.409 e. The summed E-state index contributed by atoms with van der Waals surface area (Å²) in [7, 11) is 0.839. The highest BCUT2D eigenvalue weighted by atomic mass is 35.5. The third-order valence-corrected chi connectivity index (χ3v) is 1.94. The van der Waals surface area contributed by atoms with Crippen LogP contribution in [0.15, 0.2) is 0 Å². The number of hydrogen-bond acceptors (Lipinski definition) is 1. The zero-order chi connectivity index (χ0) is 14.0. The summed E-state index contributed by atoms with van der Waals surface area (Å²) in [4.78, 5) is 11.4. The second-order valence-corrected chi connectivity index (χ2v) is 4.26. The second kappa shape index (κ2) is 5.32. The van der Waals surface area contributed by atoms with Crippen LogP contribution in [-0.2, 0) is 4.79 Å². The summed E-state index contributed by atoms with van der Waals surface area (Å²) in [6.07, 6.45) is -11.3. The van der Waals surface area contributed by atoms with Crippen molar-refractivity contribution in [2.75, 3.05) is 13.6 Å². The summed E-state index contributed by atoms with van der Waals surface area (Å²) in [5.74, 6) is -6.06. The fourth-order valence-electron chi connectivity index (χ4n) is 1.15. The quantitative estimate of drug-likeness (QED) is 0.577. The zero-order valence-electron chi connectivity index (χ0n) is 8.86. The maximum atomic E-state index is 12.2.